The predicted molar refractivity (Wildman–Crippen MR) is 133 cm³/mol. The first kappa shape index (κ1) is 23.0. The number of allylic oxidation sites excluding steroid dienone is 1. The van der Waals surface area contributed by atoms with Gasteiger partial charge in [0.05, 0.1) is 23.2 Å². The van der Waals surface area contributed by atoms with Gasteiger partial charge in [-0.2, -0.15) is 0 Å². The normalized spacial score (nSPS) is 11.0. The van der Waals surface area contributed by atoms with Crippen LogP contribution < -0.4 is 4.90 Å². The summed E-state index contributed by atoms with van der Waals surface area (Å²) in [6, 6.07) is 7.94. The van der Waals surface area contributed by atoms with Crippen LogP contribution in [0.1, 0.15) is 29.5 Å². The van der Waals surface area contributed by atoms with E-state index in [1.165, 1.54) is 11.3 Å². The molecule has 4 aromatic rings. The fraction of sp³-hybridized carbons (Fsp3) is 0.250. The van der Waals surface area contributed by atoms with E-state index >= 15 is 0 Å². The van der Waals surface area contributed by atoms with Gasteiger partial charge in [0.2, 0.25) is 5.91 Å². The first-order valence-corrected chi connectivity index (χ1v) is 12.3. The summed E-state index contributed by atoms with van der Waals surface area (Å²) in [5.74, 6) is 2.08. The van der Waals surface area contributed by atoms with E-state index in [0.29, 0.717) is 17.4 Å². The van der Waals surface area contributed by atoms with Crippen LogP contribution in [0.4, 0.5) is 10.8 Å². The molecule has 0 aliphatic carbocycles. The van der Waals surface area contributed by atoms with Crippen molar-refractivity contribution in [1.82, 2.24) is 19.7 Å². The van der Waals surface area contributed by atoms with Crippen molar-refractivity contribution in [3.8, 4) is 11.4 Å². The van der Waals surface area contributed by atoms with Crippen molar-refractivity contribution >= 4 is 39.8 Å². The predicted octanol–water partition coefficient (Wildman–Crippen LogP) is 6.08. The van der Waals surface area contributed by atoms with Gasteiger partial charge < -0.3 is 4.42 Å². The molecule has 4 rings (SSSR count). The van der Waals surface area contributed by atoms with Crippen LogP contribution in [0, 0.1) is 20.8 Å². The first-order chi connectivity index (χ1) is 15.9. The molecule has 1 amide bonds. The maximum absolute atomic E-state index is 12.5. The second-order valence-corrected chi connectivity index (χ2v) is 9.43. The van der Waals surface area contributed by atoms with E-state index in [4.69, 9.17) is 9.40 Å². The molecule has 0 aliphatic heterocycles. The number of hydrogen-bond donors (Lipinski definition) is 0. The lowest BCUT2D eigenvalue weighted by Crippen LogP contribution is -2.23. The molecule has 9 heteroatoms. The number of nitrogens with zero attached hydrogens (tertiary/aromatic N) is 5. The Morgan fingerprint density at radius 3 is 2.76 bits per heavy atom. The monoisotopic (exact) mass is 479 g/mol. The van der Waals surface area contributed by atoms with E-state index in [-0.39, 0.29) is 5.91 Å². The van der Waals surface area contributed by atoms with Crippen molar-refractivity contribution < 1.29 is 9.21 Å². The van der Waals surface area contributed by atoms with Crippen molar-refractivity contribution in [3.63, 3.8) is 0 Å². The molecule has 0 aliphatic rings. The maximum Gasteiger partial charge on any atom is 0.230 e. The molecule has 0 saturated carbocycles. The molecular weight excluding hydrogens is 454 g/mol. The van der Waals surface area contributed by atoms with E-state index in [1.807, 2.05) is 55.0 Å². The average molecular weight is 480 g/mol. The largest absolute Gasteiger partial charge is 0.469 e. The Labute approximate surface area is 201 Å². The maximum atomic E-state index is 12.5. The fourth-order valence-electron chi connectivity index (χ4n) is 3.57. The molecule has 0 saturated heterocycles. The Morgan fingerprint density at radius 2 is 2.09 bits per heavy atom. The fourth-order valence-corrected chi connectivity index (χ4v) is 5.40. The number of furan rings is 1. The van der Waals surface area contributed by atoms with Crippen molar-refractivity contribution in [2.45, 2.75) is 45.1 Å². The van der Waals surface area contributed by atoms with E-state index in [0.717, 1.165) is 44.8 Å². The minimum Gasteiger partial charge on any atom is -0.469 e. The molecule has 0 unspecified atom stereocenters. The van der Waals surface area contributed by atoms with Crippen LogP contribution in [0.25, 0.3) is 11.4 Å². The van der Waals surface area contributed by atoms with E-state index in [1.54, 1.807) is 29.8 Å². The lowest BCUT2D eigenvalue weighted by atomic mass is 10.1. The van der Waals surface area contributed by atoms with Gasteiger partial charge in [0, 0.05) is 24.6 Å². The van der Waals surface area contributed by atoms with Gasteiger partial charge in [0.1, 0.15) is 5.76 Å². The minimum absolute atomic E-state index is 0.0682. The second kappa shape index (κ2) is 9.76. The van der Waals surface area contributed by atoms with E-state index in [2.05, 4.69) is 22.8 Å². The zero-order valence-corrected chi connectivity index (χ0v) is 20.7. The molecule has 33 heavy (non-hydrogen) atoms. The second-order valence-electron chi connectivity index (χ2n) is 7.65. The highest BCUT2D eigenvalue weighted by atomic mass is 32.2. The van der Waals surface area contributed by atoms with Gasteiger partial charge in [0.15, 0.2) is 16.1 Å². The van der Waals surface area contributed by atoms with Crippen molar-refractivity contribution in [2.24, 2.45) is 0 Å². The number of rotatable bonds is 8. The van der Waals surface area contributed by atoms with Crippen LogP contribution >= 0.6 is 23.1 Å². The Kier molecular flexibility index (Phi) is 6.80. The Balaban J connectivity index is 1.56. The third kappa shape index (κ3) is 4.79. The zero-order chi connectivity index (χ0) is 23.5. The Hall–Kier alpha value is -3.17. The lowest BCUT2D eigenvalue weighted by molar-refractivity contribution is -0.115. The summed E-state index contributed by atoms with van der Waals surface area (Å²) in [5.41, 5.74) is 4.84. The standard InChI is InChI=1S/C24H25N5O2S2/c1-6-10-28-22(20-9-11-31-17(20)4)26-27-24(28)33-14-19-13-32-23(25-19)29(18(5)30)21-8-7-15(2)12-16(21)3/h6-9,11-13H,1,10,14H2,2-5H3. The molecule has 0 fully saturated rings. The van der Waals surface area contributed by atoms with Gasteiger partial charge in [-0.3, -0.25) is 14.3 Å². The molecule has 0 bridgehead atoms. The summed E-state index contributed by atoms with van der Waals surface area (Å²) in [7, 11) is 0. The number of aromatic nitrogens is 4. The van der Waals surface area contributed by atoms with E-state index < -0.39 is 0 Å². The van der Waals surface area contributed by atoms with Crippen LogP contribution in [0.2, 0.25) is 0 Å². The zero-order valence-electron chi connectivity index (χ0n) is 19.0. The number of anilines is 2. The molecular formula is C24H25N5O2S2. The minimum atomic E-state index is -0.0682. The number of amides is 1. The van der Waals surface area contributed by atoms with Crippen LogP contribution in [0.5, 0.6) is 0 Å². The van der Waals surface area contributed by atoms with Crippen LogP contribution in [-0.4, -0.2) is 25.7 Å². The summed E-state index contributed by atoms with van der Waals surface area (Å²) in [6.07, 6.45) is 3.47. The first-order valence-electron chi connectivity index (χ1n) is 10.4. The highest BCUT2D eigenvalue weighted by molar-refractivity contribution is 7.98. The molecule has 170 valence electrons. The summed E-state index contributed by atoms with van der Waals surface area (Å²) < 4.78 is 7.45. The average Bonchev–Trinajstić information content (AvgIpc) is 3.49. The molecule has 7 nitrogen and oxygen atoms in total. The molecule has 3 aromatic heterocycles. The van der Waals surface area contributed by atoms with Gasteiger partial charge in [-0.05, 0) is 38.5 Å². The third-order valence-electron chi connectivity index (χ3n) is 5.12. The van der Waals surface area contributed by atoms with E-state index in [9.17, 15) is 4.79 Å². The topological polar surface area (TPSA) is 77.1 Å². The van der Waals surface area contributed by atoms with Crippen LogP contribution in [0.3, 0.4) is 0 Å². The molecule has 3 heterocycles. The highest BCUT2D eigenvalue weighted by Gasteiger charge is 2.21. The Bertz CT molecular complexity index is 1300. The van der Waals surface area contributed by atoms with Crippen molar-refractivity contribution in [3.05, 3.63) is 71.1 Å². The number of benzene rings is 1. The molecule has 0 atom stereocenters. The number of thioether (sulfide) groups is 1. The SMILES string of the molecule is C=CCn1c(SCc2csc(N(C(C)=O)c3ccc(C)cc3C)n2)nnc1-c1ccoc1C. The van der Waals surface area contributed by atoms with Crippen LogP contribution in [-0.2, 0) is 17.1 Å². The third-order valence-corrected chi connectivity index (χ3v) is 6.99. The smallest absolute Gasteiger partial charge is 0.230 e. The summed E-state index contributed by atoms with van der Waals surface area (Å²) in [4.78, 5) is 18.9. The molecule has 0 N–H and O–H groups in total. The van der Waals surface area contributed by atoms with Gasteiger partial charge in [-0.25, -0.2) is 4.98 Å². The quantitative estimate of drug-likeness (QED) is 0.225. The number of aryl methyl sites for hydroxylation is 3. The summed E-state index contributed by atoms with van der Waals surface area (Å²) in [5, 5.41) is 12.2. The van der Waals surface area contributed by atoms with Crippen molar-refractivity contribution in [1.29, 1.82) is 0 Å². The lowest BCUT2D eigenvalue weighted by Gasteiger charge is -2.20. The Morgan fingerprint density at radius 1 is 1.27 bits per heavy atom. The van der Waals surface area contributed by atoms with Crippen molar-refractivity contribution in [2.75, 3.05) is 4.90 Å². The number of thiazole rings is 1. The van der Waals surface area contributed by atoms with Gasteiger partial charge in [0.25, 0.3) is 0 Å². The van der Waals surface area contributed by atoms with Crippen LogP contribution in [0.15, 0.2) is 58.1 Å². The molecule has 0 spiro atoms. The number of carbonyl (C=O) groups is 1. The number of hydrogen-bond acceptors (Lipinski definition) is 7. The molecule has 1 aromatic carbocycles. The van der Waals surface area contributed by atoms with Gasteiger partial charge in [-0.15, -0.1) is 28.1 Å². The highest BCUT2D eigenvalue weighted by Crippen LogP contribution is 2.34. The summed E-state index contributed by atoms with van der Waals surface area (Å²) >= 11 is 3.01. The number of carbonyl (C=O) groups excluding carboxylic acids is 1. The molecule has 0 radical (unpaired) electrons. The summed E-state index contributed by atoms with van der Waals surface area (Å²) in [6.45, 7) is 12.0. The van der Waals surface area contributed by atoms with Gasteiger partial charge in [-0.1, -0.05) is 35.5 Å². The van der Waals surface area contributed by atoms with Gasteiger partial charge >= 0.3 is 0 Å².